The van der Waals surface area contributed by atoms with Crippen molar-refractivity contribution in [3.8, 4) is 28.7 Å². The third-order valence-electron chi connectivity index (χ3n) is 9.67. The molecular formula is C37H39N7O2. The molecule has 46 heavy (non-hydrogen) atoms. The Kier molecular flexibility index (Phi) is 7.71. The molecule has 2 aliphatic heterocycles. The molecular weight excluding hydrogens is 574 g/mol. The van der Waals surface area contributed by atoms with Crippen LogP contribution in [0, 0.1) is 31.1 Å². The van der Waals surface area contributed by atoms with Crippen LogP contribution in [0.1, 0.15) is 57.6 Å². The van der Waals surface area contributed by atoms with Gasteiger partial charge in [0.25, 0.3) is 5.91 Å². The Bertz CT molecular complexity index is 2030. The van der Waals surface area contributed by atoms with Gasteiger partial charge in [0.2, 0.25) is 5.89 Å². The van der Waals surface area contributed by atoms with E-state index in [-0.39, 0.29) is 5.91 Å². The fraction of sp³-hybridized carbons (Fsp3) is 0.351. The van der Waals surface area contributed by atoms with E-state index in [4.69, 9.17) is 14.4 Å². The van der Waals surface area contributed by atoms with E-state index in [1.807, 2.05) is 48.9 Å². The fourth-order valence-electron chi connectivity index (χ4n) is 7.07. The number of amides is 1. The summed E-state index contributed by atoms with van der Waals surface area (Å²) in [5.41, 5.74) is 10.5. The molecule has 1 atom stereocenters. The molecule has 0 spiro atoms. The third kappa shape index (κ3) is 5.38. The number of anilines is 1. The SMILES string of the molecule is Cc1c(NC(=O)c2nc3c(n2C)CCN(C)C3)cccc1-c1cccc(-c2nc3cc(CN4CC[C@@H](C)C4)cc(C#N)c3o2)c1C. The number of nitrogens with one attached hydrogen (secondary N) is 1. The monoisotopic (exact) mass is 613 g/mol. The van der Waals surface area contributed by atoms with Crippen molar-refractivity contribution in [2.75, 3.05) is 32.0 Å². The Morgan fingerprint density at radius 3 is 2.57 bits per heavy atom. The van der Waals surface area contributed by atoms with E-state index in [0.717, 1.165) is 89.6 Å². The summed E-state index contributed by atoms with van der Waals surface area (Å²) in [6, 6.07) is 18.4. The van der Waals surface area contributed by atoms with E-state index in [2.05, 4.69) is 60.3 Å². The number of hydrogen-bond donors (Lipinski definition) is 1. The average Bonchev–Trinajstić information content (AvgIpc) is 3.74. The Hall–Kier alpha value is -4.78. The number of likely N-dealkylation sites (N-methyl/N-ethyl adjacent to an activating group) is 1. The predicted molar refractivity (Wildman–Crippen MR) is 179 cm³/mol. The van der Waals surface area contributed by atoms with Crippen molar-refractivity contribution in [1.82, 2.24) is 24.3 Å². The van der Waals surface area contributed by atoms with Gasteiger partial charge in [0.1, 0.15) is 11.6 Å². The lowest BCUT2D eigenvalue weighted by Gasteiger charge is -2.21. The number of fused-ring (bicyclic) bond motifs is 2. The van der Waals surface area contributed by atoms with E-state index >= 15 is 0 Å². The first-order chi connectivity index (χ1) is 22.2. The number of imidazole rings is 1. The first-order valence-corrected chi connectivity index (χ1v) is 16.0. The van der Waals surface area contributed by atoms with Crippen molar-refractivity contribution in [2.45, 2.75) is 46.7 Å². The quantitative estimate of drug-likeness (QED) is 0.234. The van der Waals surface area contributed by atoms with Gasteiger partial charge in [0.15, 0.2) is 11.4 Å². The van der Waals surface area contributed by atoms with Crippen LogP contribution in [-0.2, 0) is 26.6 Å². The Morgan fingerprint density at radius 1 is 1.04 bits per heavy atom. The molecule has 234 valence electrons. The van der Waals surface area contributed by atoms with Gasteiger partial charge in [-0.15, -0.1) is 0 Å². The average molecular weight is 614 g/mol. The number of nitriles is 1. The lowest BCUT2D eigenvalue weighted by molar-refractivity contribution is 0.101. The number of oxazole rings is 1. The topological polar surface area (TPSA) is 103 Å². The largest absolute Gasteiger partial charge is 0.435 e. The van der Waals surface area contributed by atoms with Gasteiger partial charge < -0.3 is 19.2 Å². The third-order valence-corrected chi connectivity index (χ3v) is 9.67. The summed E-state index contributed by atoms with van der Waals surface area (Å²) in [5, 5.41) is 13.1. The minimum Gasteiger partial charge on any atom is -0.435 e. The number of nitrogens with zero attached hydrogens (tertiary/aromatic N) is 6. The molecule has 5 aromatic rings. The van der Waals surface area contributed by atoms with Crippen molar-refractivity contribution in [3.05, 3.63) is 88.0 Å². The summed E-state index contributed by atoms with van der Waals surface area (Å²) < 4.78 is 8.21. The maximum absolute atomic E-state index is 13.5. The molecule has 1 fully saturated rings. The maximum atomic E-state index is 13.5. The molecule has 1 amide bonds. The van der Waals surface area contributed by atoms with Crippen molar-refractivity contribution in [2.24, 2.45) is 13.0 Å². The molecule has 0 unspecified atom stereocenters. The first kappa shape index (κ1) is 29.9. The molecule has 1 N–H and O–H groups in total. The highest BCUT2D eigenvalue weighted by atomic mass is 16.3. The summed E-state index contributed by atoms with van der Waals surface area (Å²) in [5.74, 6) is 1.39. The number of aromatic nitrogens is 3. The van der Waals surface area contributed by atoms with Crippen molar-refractivity contribution < 1.29 is 9.21 Å². The number of likely N-dealkylation sites (tertiary alicyclic amines) is 1. The molecule has 9 nitrogen and oxygen atoms in total. The van der Waals surface area contributed by atoms with Crippen LogP contribution < -0.4 is 5.32 Å². The molecule has 2 aliphatic rings. The van der Waals surface area contributed by atoms with Crippen LogP contribution in [0.15, 0.2) is 52.9 Å². The second-order valence-electron chi connectivity index (χ2n) is 13.0. The molecule has 4 heterocycles. The van der Waals surface area contributed by atoms with E-state index in [1.54, 1.807) is 0 Å². The highest BCUT2D eigenvalue weighted by molar-refractivity contribution is 6.03. The van der Waals surface area contributed by atoms with Gasteiger partial charge in [-0.2, -0.15) is 5.26 Å². The zero-order valence-corrected chi connectivity index (χ0v) is 27.1. The molecule has 7 rings (SSSR count). The summed E-state index contributed by atoms with van der Waals surface area (Å²) in [6.07, 6.45) is 2.08. The van der Waals surface area contributed by atoms with Gasteiger partial charge in [0.05, 0.1) is 11.3 Å². The van der Waals surface area contributed by atoms with Crippen LogP contribution in [0.4, 0.5) is 5.69 Å². The van der Waals surface area contributed by atoms with Gasteiger partial charge in [-0.05, 0) is 91.9 Å². The number of benzene rings is 3. The standard InChI is InChI=1S/C37H39N7O2/c1-22-12-15-44(19-22)20-25-16-26(18-38)34-31(17-25)41-37(46-34)29-10-6-8-27(23(29)2)28-9-7-11-30(24(28)3)40-36(45)35-39-32-21-42(4)14-13-33(32)43(35)5/h6-11,16-17,22H,12-15,19-21H2,1-5H3,(H,40,45)/t22-/m1/s1. The van der Waals surface area contributed by atoms with Gasteiger partial charge in [-0.1, -0.05) is 31.2 Å². The van der Waals surface area contributed by atoms with E-state index in [9.17, 15) is 10.1 Å². The van der Waals surface area contributed by atoms with Gasteiger partial charge in [-0.25, -0.2) is 9.97 Å². The van der Waals surface area contributed by atoms with E-state index < -0.39 is 0 Å². The summed E-state index contributed by atoms with van der Waals surface area (Å²) >= 11 is 0. The van der Waals surface area contributed by atoms with Crippen LogP contribution in [0.3, 0.4) is 0 Å². The number of carbonyl (C=O) groups is 1. The summed E-state index contributed by atoms with van der Waals surface area (Å²) in [4.78, 5) is 27.7. The minimum atomic E-state index is -0.219. The summed E-state index contributed by atoms with van der Waals surface area (Å²) in [7, 11) is 3.99. The van der Waals surface area contributed by atoms with Crippen molar-refractivity contribution in [1.29, 1.82) is 5.26 Å². The Labute approximate surface area is 269 Å². The van der Waals surface area contributed by atoms with Gasteiger partial charge in [-0.3, -0.25) is 9.69 Å². The lowest BCUT2D eigenvalue weighted by atomic mass is 9.93. The van der Waals surface area contributed by atoms with Crippen LogP contribution >= 0.6 is 0 Å². The molecule has 0 aliphatic carbocycles. The molecule has 2 aromatic heterocycles. The van der Waals surface area contributed by atoms with Crippen molar-refractivity contribution >= 4 is 22.7 Å². The highest BCUT2D eigenvalue weighted by Crippen LogP contribution is 2.37. The number of hydrogen-bond acceptors (Lipinski definition) is 7. The molecule has 0 bridgehead atoms. The first-order valence-electron chi connectivity index (χ1n) is 16.0. The smallest absolute Gasteiger partial charge is 0.291 e. The molecule has 9 heteroatoms. The predicted octanol–water partition coefficient (Wildman–Crippen LogP) is 6.47. The minimum absolute atomic E-state index is 0.219. The normalized spacial score (nSPS) is 16.9. The van der Waals surface area contributed by atoms with E-state index in [0.29, 0.717) is 34.3 Å². The van der Waals surface area contributed by atoms with Gasteiger partial charge >= 0.3 is 0 Å². The molecule has 0 radical (unpaired) electrons. The second-order valence-corrected chi connectivity index (χ2v) is 13.0. The Balaban J connectivity index is 1.19. The summed E-state index contributed by atoms with van der Waals surface area (Å²) in [6.45, 7) is 11.0. The maximum Gasteiger partial charge on any atom is 0.291 e. The fourth-order valence-corrected chi connectivity index (χ4v) is 7.07. The number of rotatable bonds is 6. The molecule has 3 aromatic carbocycles. The lowest BCUT2D eigenvalue weighted by Crippen LogP contribution is -2.27. The highest BCUT2D eigenvalue weighted by Gasteiger charge is 2.25. The van der Waals surface area contributed by atoms with Crippen LogP contribution in [-0.4, -0.2) is 56.9 Å². The number of carbonyl (C=O) groups excluding carboxylic acids is 1. The van der Waals surface area contributed by atoms with Crippen LogP contribution in [0.5, 0.6) is 0 Å². The van der Waals surface area contributed by atoms with Gasteiger partial charge in [0, 0.05) is 56.6 Å². The zero-order chi connectivity index (χ0) is 32.1. The van der Waals surface area contributed by atoms with Crippen molar-refractivity contribution in [3.63, 3.8) is 0 Å². The second kappa shape index (κ2) is 11.9. The van der Waals surface area contributed by atoms with E-state index in [1.165, 1.54) is 6.42 Å². The molecule has 0 saturated carbocycles. The zero-order valence-electron chi connectivity index (χ0n) is 27.1. The Morgan fingerprint density at radius 2 is 1.80 bits per heavy atom. The van der Waals surface area contributed by atoms with Crippen LogP contribution in [0.2, 0.25) is 0 Å². The van der Waals surface area contributed by atoms with Crippen LogP contribution in [0.25, 0.3) is 33.7 Å². The molecule has 1 saturated heterocycles.